The Labute approximate surface area is 140 Å². The topological polar surface area (TPSA) is 76.5 Å². The van der Waals surface area contributed by atoms with Crippen LogP contribution in [0.3, 0.4) is 0 Å². The maximum atomic E-state index is 12.5. The van der Waals surface area contributed by atoms with E-state index in [1.165, 1.54) is 6.33 Å². The molecule has 0 bridgehead atoms. The van der Waals surface area contributed by atoms with E-state index in [1.54, 1.807) is 22.7 Å². The minimum atomic E-state index is -0.0920. The molecule has 0 fully saturated rings. The number of aryl methyl sites for hydroxylation is 2. The molecular weight excluding hydrogens is 306 g/mol. The summed E-state index contributed by atoms with van der Waals surface area (Å²) >= 11 is 0. The van der Waals surface area contributed by atoms with Gasteiger partial charge in [0.1, 0.15) is 12.1 Å². The van der Waals surface area contributed by atoms with Gasteiger partial charge in [0.05, 0.1) is 12.3 Å². The third kappa shape index (κ3) is 2.89. The van der Waals surface area contributed by atoms with Crippen LogP contribution in [0.4, 0.5) is 0 Å². The molecule has 0 saturated carbocycles. The lowest BCUT2D eigenvalue weighted by molar-refractivity contribution is -0.132. The van der Waals surface area contributed by atoms with E-state index < -0.39 is 0 Å². The van der Waals surface area contributed by atoms with Crippen molar-refractivity contribution in [1.29, 1.82) is 0 Å². The Hall–Kier alpha value is -2.70. The normalized spacial score (nSPS) is 12.5. The number of hydrogen-bond donors (Lipinski definition) is 0. The zero-order valence-corrected chi connectivity index (χ0v) is 14.4. The number of aromatic nitrogens is 4. The maximum Gasteiger partial charge on any atom is 0.252 e. The molecule has 7 nitrogen and oxygen atoms in total. The summed E-state index contributed by atoms with van der Waals surface area (Å²) in [7, 11) is 1.80. The molecule has 0 spiro atoms. The summed E-state index contributed by atoms with van der Waals surface area (Å²) in [6, 6.07) is 3.62. The highest BCUT2D eigenvalue weighted by Gasteiger charge is 2.20. The van der Waals surface area contributed by atoms with Crippen LogP contribution in [-0.4, -0.2) is 37.4 Å². The van der Waals surface area contributed by atoms with Crippen molar-refractivity contribution in [2.45, 2.75) is 39.7 Å². The Morgan fingerprint density at radius 1 is 1.42 bits per heavy atom. The molecule has 0 saturated heterocycles. The molecule has 0 radical (unpaired) electrons. The zero-order chi connectivity index (χ0) is 17.3. The minimum Gasteiger partial charge on any atom is -0.467 e. The third-order valence-corrected chi connectivity index (χ3v) is 4.51. The van der Waals surface area contributed by atoms with Gasteiger partial charge in [-0.1, -0.05) is 0 Å². The van der Waals surface area contributed by atoms with Crippen LogP contribution in [0.25, 0.3) is 5.78 Å². The van der Waals surface area contributed by atoms with Crippen molar-refractivity contribution in [1.82, 2.24) is 24.5 Å². The Kier molecular flexibility index (Phi) is 4.33. The second-order valence-corrected chi connectivity index (χ2v) is 5.93. The number of carbonyl (C=O) groups is 1. The van der Waals surface area contributed by atoms with Crippen LogP contribution in [0.2, 0.25) is 0 Å². The first kappa shape index (κ1) is 16.2. The van der Waals surface area contributed by atoms with E-state index in [2.05, 4.69) is 15.1 Å². The molecule has 1 unspecified atom stereocenters. The lowest BCUT2D eigenvalue weighted by atomic mass is 10.1. The van der Waals surface area contributed by atoms with Crippen LogP contribution in [0.1, 0.15) is 42.1 Å². The van der Waals surface area contributed by atoms with Crippen molar-refractivity contribution >= 4 is 11.7 Å². The largest absolute Gasteiger partial charge is 0.467 e. The van der Waals surface area contributed by atoms with E-state index >= 15 is 0 Å². The molecular formula is C17H21N5O2. The van der Waals surface area contributed by atoms with Gasteiger partial charge in [-0.3, -0.25) is 4.79 Å². The lowest BCUT2D eigenvalue weighted by Gasteiger charge is -2.23. The standard InChI is InChI=1S/C17H21N5O2/c1-11-14(12(2)22-17(20-11)18-10-19-22)7-8-16(23)21(4)13(3)15-6-5-9-24-15/h5-6,9-10,13H,7-8H2,1-4H3. The second-order valence-electron chi connectivity index (χ2n) is 5.93. The molecule has 0 N–H and O–H groups in total. The Balaban J connectivity index is 1.72. The van der Waals surface area contributed by atoms with Crippen LogP contribution >= 0.6 is 0 Å². The van der Waals surface area contributed by atoms with Gasteiger partial charge in [0, 0.05) is 24.9 Å². The predicted octanol–water partition coefficient (Wildman–Crippen LogP) is 2.49. The molecule has 0 aliphatic carbocycles. The Morgan fingerprint density at radius 2 is 2.21 bits per heavy atom. The van der Waals surface area contributed by atoms with Crippen molar-refractivity contribution in [2.24, 2.45) is 0 Å². The molecule has 0 aliphatic heterocycles. The number of hydrogen-bond acceptors (Lipinski definition) is 5. The quantitative estimate of drug-likeness (QED) is 0.719. The number of rotatable bonds is 5. The zero-order valence-electron chi connectivity index (χ0n) is 14.4. The maximum absolute atomic E-state index is 12.5. The summed E-state index contributed by atoms with van der Waals surface area (Å²) in [6.45, 7) is 5.87. The average molecular weight is 327 g/mol. The van der Waals surface area contributed by atoms with Crippen molar-refractivity contribution < 1.29 is 9.21 Å². The average Bonchev–Trinajstić information content (AvgIpc) is 3.24. The molecule has 1 amide bonds. The van der Waals surface area contributed by atoms with Crippen molar-refractivity contribution in [3.63, 3.8) is 0 Å². The number of nitrogens with zero attached hydrogens (tertiary/aromatic N) is 5. The monoisotopic (exact) mass is 327 g/mol. The SMILES string of the molecule is Cc1nc2ncnn2c(C)c1CCC(=O)N(C)C(C)c1ccco1. The van der Waals surface area contributed by atoms with Gasteiger partial charge in [0.25, 0.3) is 5.78 Å². The second kappa shape index (κ2) is 6.43. The van der Waals surface area contributed by atoms with Gasteiger partial charge in [-0.2, -0.15) is 10.1 Å². The number of amides is 1. The summed E-state index contributed by atoms with van der Waals surface area (Å²) in [5, 5.41) is 4.18. The molecule has 3 heterocycles. The van der Waals surface area contributed by atoms with Gasteiger partial charge in [0.15, 0.2) is 0 Å². The van der Waals surface area contributed by atoms with Crippen LogP contribution in [0, 0.1) is 13.8 Å². The van der Waals surface area contributed by atoms with E-state index in [-0.39, 0.29) is 11.9 Å². The summed E-state index contributed by atoms with van der Waals surface area (Å²) in [6.07, 6.45) is 4.14. The first-order chi connectivity index (χ1) is 11.5. The minimum absolute atomic E-state index is 0.0661. The molecule has 3 rings (SSSR count). The highest BCUT2D eigenvalue weighted by Crippen LogP contribution is 2.21. The van der Waals surface area contributed by atoms with Crippen LogP contribution in [0.5, 0.6) is 0 Å². The first-order valence-corrected chi connectivity index (χ1v) is 7.94. The van der Waals surface area contributed by atoms with Gasteiger partial charge >= 0.3 is 0 Å². The van der Waals surface area contributed by atoms with Crippen LogP contribution in [-0.2, 0) is 11.2 Å². The molecule has 3 aromatic heterocycles. The Bertz CT molecular complexity index is 853. The summed E-state index contributed by atoms with van der Waals surface area (Å²) in [4.78, 5) is 22.8. The van der Waals surface area contributed by atoms with Crippen LogP contribution in [0.15, 0.2) is 29.1 Å². The fourth-order valence-electron chi connectivity index (χ4n) is 2.86. The van der Waals surface area contributed by atoms with E-state index in [4.69, 9.17) is 4.42 Å². The van der Waals surface area contributed by atoms with Gasteiger partial charge in [-0.25, -0.2) is 9.50 Å². The first-order valence-electron chi connectivity index (χ1n) is 7.94. The molecule has 24 heavy (non-hydrogen) atoms. The number of fused-ring (bicyclic) bond motifs is 1. The number of carbonyl (C=O) groups excluding carboxylic acids is 1. The van der Waals surface area contributed by atoms with Crippen LogP contribution < -0.4 is 0 Å². The highest BCUT2D eigenvalue weighted by molar-refractivity contribution is 5.76. The van der Waals surface area contributed by atoms with Crippen molar-refractivity contribution in [3.05, 3.63) is 47.4 Å². The summed E-state index contributed by atoms with van der Waals surface area (Å²) in [5.41, 5.74) is 2.91. The highest BCUT2D eigenvalue weighted by atomic mass is 16.3. The lowest BCUT2D eigenvalue weighted by Crippen LogP contribution is -2.29. The molecule has 1 atom stereocenters. The van der Waals surface area contributed by atoms with Gasteiger partial charge in [-0.15, -0.1) is 0 Å². The van der Waals surface area contributed by atoms with Crippen molar-refractivity contribution in [3.8, 4) is 0 Å². The summed E-state index contributed by atoms with van der Waals surface area (Å²) in [5.74, 6) is 1.43. The smallest absolute Gasteiger partial charge is 0.252 e. The van der Waals surface area contributed by atoms with E-state index in [0.717, 1.165) is 22.7 Å². The Morgan fingerprint density at radius 3 is 2.92 bits per heavy atom. The van der Waals surface area contributed by atoms with E-state index in [1.807, 2.05) is 32.9 Å². The third-order valence-electron chi connectivity index (χ3n) is 4.51. The molecule has 0 aromatic carbocycles. The molecule has 0 aliphatic rings. The molecule has 7 heteroatoms. The fourth-order valence-corrected chi connectivity index (χ4v) is 2.86. The van der Waals surface area contributed by atoms with Crippen molar-refractivity contribution in [2.75, 3.05) is 7.05 Å². The van der Waals surface area contributed by atoms with E-state index in [9.17, 15) is 4.79 Å². The number of furan rings is 1. The predicted molar refractivity (Wildman–Crippen MR) is 88.5 cm³/mol. The molecule has 126 valence electrons. The summed E-state index contributed by atoms with van der Waals surface area (Å²) < 4.78 is 7.09. The van der Waals surface area contributed by atoms with Gasteiger partial charge < -0.3 is 9.32 Å². The molecule has 3 aromatic rings. The van der Waals surface area contributed by atoms with Gasteiger partial charge in [0.2, 0.25) is 5.91 Å². The fraction of sp³-hybridized carbons (Fsp3) is 0.412. The van der Waals surface area contributed by atoms with E-state index in [0.29, 0.717) is 18.6 Å². The van der Waals surface area contributed by atoms with Gasteiger partial charge in [-0.05, 0) is 44.9 Å².